The van der Waals surface area contributed by atoms with E-state index in [4.69, 9.17) is 16.3 Å². The first-order chi connectivity index (χ1) is 12.5. The minimum Gasteiger partial charge on any atom is -0.383 e. The molecule has 2 aromatic rings. The van der Waals surface area contributed by atoms with Crippen LogP contribution in [0.5, 0.6) is 0 Å². The van der Waals surface area contributed by atoms with Gasteiger partial charge in [-0.15, -0.1) is 0 Å². The molecule has 142 valence electrons. The molecular formula is C19H27ClN4O2. The first kappa shape index (κ1) is 19.1. The number of nitrogens with zero attached hydrogens (tertiary/aromatic N) is 4. The average molecular weight is 379 g/mol. The van der Waals surface area contributed by atoms with Crippen LogP contribution in [-0.4, -0.2) is 64.5 Å². The number of halogens is 1. The quantitative estimate of drug-likeness (QED) is 0.775. The Balaban J connectivity index is 1.80. The normalized spacial score (nSPS) is 16.0. The number of hydrogen-bond donors (Lipinski definition) is 0. The Morgan fingerprint density at radius 3 is 2.77 bits per heavy atom. The molecule has 3 heterocycles. The molecule has 1 saturated heterocycles. The van der Waals surface area contributed by atoms with Crippen LogP contribution >= 0.6 is 11.6 Å². The molecule has 2 aromatic heterocycles. The highest BCUT2D eigenvalue weighted by atomic mass is 35.5. The highest BCUT2D eigenvalue weighted by Crippen LogP contribution is 2.22. The van der Waals surface area contributed by atoms with E-state index in [9.17, 15) is 4.79 Å². The lowest BCUT2D eigenvalue weighted by Gasteiger charge is -2.38. The second-order valence-electron chi connectivity index (χ2n) is 6.92. The van der Waals surface area contributed by atoms with Crippen molar-refractivity contribution in [1.82, 2.24) is 19.2 Å². The maximum Gasteiger partial charge on any atom is 0.219 e. The van der Waals surface area contributed by atoms with E-state index in [1.54, 1.807) is 14.0 Å². The van der Waals surface area contributed by atoms with Crippen LogP contribution in [0.15, 0.2) is 18.3 Å². The molecule has 7 heteroatoms. The monoisotopic (exact) mass is 378 g/mol. The van der Waals surface area contributed by atoms with Crippen molar-refractivity contribution in [2.24, 2.45) is 0 Å². The van der Waals surface area contributed by atoms with Crippen LogP contribution in [0.2, 0.25) is 5.02 Å². The maximum atomic E-state index is 11.6. The lowest BCUT2D eigenvalue weighted by atomic mass is 10.0. The van der Waals surface area contributed by atoms with Crippen molar-refractivity contribution in [2.45, 2.75) is 39.3 Å². The van der Waals surface area contributed by atoms with Gasteiger partial charge < -0.3 is 14.0 Å². The third kappa shape index (κ3) is 4.19. The van der Waals surface area contributed by atoms with E-state index in [1.807, 2.05) is 30.2 Å². The lowest BCUT2D eigenvalue weighted by Crippen LogP contribution is -2.47. The largest absolute Gasteiger partial charge is 0.383 e. The Kier molecular flexibility index (Phi) is 6.16. The Morgan fingerprint density at radius 2 is 2.12 bits per heavy atom. The van der Waals surface area contributed by atoms with Gasteiger partial charge in [-0.25, -0.2) is 4.98 Å². The SMILES string of the molecule is COCCN(Cc1c(C)nc2ccc(Cl)cn12)C1CCN(C(C)=O)CC1. The summed E-state index contributed by atoms with van der Waals surface area (Å²) in [5, 5.41) is 0.703. The fraction of sp³-hybridized carbons (Fsp3) is 0.579. The second-order valence-corrected chi connectivity index (χ2v) is 7.36. The number of carbonyl (C=O) groups excluding carboxylic acids is 1. The summed E-state index contributed by atoms with van der Waals surface area (Å²) in [6, 6.07) is 4.25. The van der Waals surface area contributed by atoms with E-state index in [0.717, 1.165) is 56.1 Å². The highest BCUT2D eigenvalue weighted by molar-refractivity contribution is 6.30. The minimum absolute atomic E-state index is 0.166. The highest BCUT2D eigenvalue weighted by Gasteiger charge is 2.26. The number of piperidine rings is 1. The van der Waals surface area contributed by atoms with Gasteiger partial charge in [-0.05, 0) is 31.9 Å². The molecule has 26 heavy (non-hydrogen) atoms. The van der Waals surface area contributed by atoms with Crippen LogP contribution in [0.3, 0.4) is 0 Å². The lowest BCUT2D eigenvalue weighted by molar-refractivity contribution is -0.130. The fourth-order valence-corrected chi connectivity index (χ4v) is 3.87. The molecule has 0 bridgehead atoms. The summed E-state index contributed by atoms with van der Waals surface area (Å²) in [4.78, 5) is 20.6. The van der Waals surface area contributed by atoms with Gasteiger partial charge in [0, 0.05) is 52.5 Å². The summed E-state index contributed by atoms with van der Waals surface area (Å²) in [7, 11) is 1.73. The van der Waals surface area contributed by atoms with Crippen molar-refractivity contribution in [3.8, 4) is 0 Å². The number of methoxy groups -OCH3 is 1. The fourth-order valence-electron chi connectivity index (χ4n) is 3.71. The van der Waals surface area contributed by atoms with Crippen LogP contribution in [-0.2, 0) is 16.1 Å². The minimum atomic E-state index is 0.166. The molecule has 0 aliphatic carbocycles. The van der Waals surface area contributed by atoms with E-state index >= 15 is 0 Å². The molecular weight excluding hydrogens is 352 g/mol. The molecule has 0 spiro atoms. The molecule has 0 unspecified atom stereocenters. The average Bonchev–Trinajstić information content (AvgIpc) is 2.93. The smallest absolute Gasteiger partial charge is 0.219 e. The zero-order valence-corrected chi connectivity index (χ0v) is 16.5. The van der Waals surface area contributed by atoms with Gasteiger partial charge in [0.25, 0.3) is 0 Å². The van der Waals surface area contributed by atoms with Gasteiger partial charge >= 0.3 is 0 Å². The molecule has 6 nitrogen and oxygen atoms in total. The standard InChI is InChI=1S/C19H27ClN4O2/c1-14-18(24-12-16(20)4-5-19(24)21-14)13-23(10-11-26-3)17-6-8-22(9-7-17)15(2)25/h4-5,12,17H,6-11,13H2,1-3H3. The number of rotatable bonds is 6. The van der Waals surface area contributed by atoms with Crippen LogP contribution in [0.1, 0.15) is 31.2 Å². The third-order valence-electron chi connectivity index (χ3n) is 5.24. The number of carbonyl (C=O) groups is 1. The van der Waals surface area contributed by atoms with E-state index in [2.05, 4.69) is 14.3 Å². The Bertz CT molecular complexity index is 768. The van der Waals surface area contributed by atoms with Crippen molar-refractivity contribution in [3.63, 3.8) is 0 Å². The number of pyridine rings is 1. The van der Waals surface area contributed by atoms with Gasteiger partial charge in [-0.1, -0.05) is 11.6 Å². The number of aromatic nitrogens is 2. The van der Waals surface area contributed by atoms with Gasteiger partial charge in [-0.2, -0.15) is 0 Å². The number of ether oxygens (including phenoxy) is 1. The van der Waals surface area contributed by atoms with Crippen LogP contribution < -0.4 is 0 Å². The zero-order chi connectivity index (χ0) is 18.7. The molecule has 1 amide bonds. The molecule has 0 N–H and O–H groups in total. The number of imidazole rings is 1. The molecule has 3 rings (SSSR count). The predicted molar refractivity (Wildman–Crippen MR) is 103 cm³/mol. The summed E-state index contributed by atoms with van der Waals surface area (Å²) in [6.45, 7) is 7.67. The van der Waals surface area contributed by atoms with Crippen LogP contribution in [0.4, 0.5) is 0 Å². The topological polar surface area (TPSA) is 50.1 Å². The Morgan fingerprint density at radius 1 is 1.38 bits per heavy atom. The second kappa shape index (κ2) is 8.37. The van der Waals surface area contributed by atoms with Gasteiger partial charge in [0.05, 0.1) is 23.0 Å². The van der Waals surface area contributed by atoms with E-state index in [1.165, 1.54) is 0 Å². The number of aryl methyl sites for hydroxylation is 1. The van der Waals surface area contributed by atoms with E-state index < -0.39 is 0 Å². The summed E-state index contributed by atoms with van der Waals surface area (Å²) in [6.07, 6.45) is 3.90. The van der Waals surface area contributed by atoms with Gasteiger partial charge in [0.15, 0.2) is 0 Å². The number of likely N-dealkylation sites (tertiary alicyclic amines) is 1. The third-order valence-corrected chi connectivity index (χ3v) is 5.47. The van der Waals surface area contributed by atoms with Crippen LogP contribution in [0, 0.1) is 6.92 Å². The maximum absolute atomic E-state index is 11.6. The molecule has 1 fully saturated rings. The van der Waals surface area contributed by atoms with Crippen LogP contribution in [0.25, 0.3) is 5.65 Å². The summed E-state index contributed by atoms with van der Waals surface area (Å²) < 4.78 is 7.41. The van der Waals surface area contributed by atoms with Crippen molar-refractivity contribution in [1.29, 1.82) is 0 Å². The molecule has 1 aliphatic heterocycles. The number of fused-ring (bicyclic) bond motifs is 1. The van der Waals surface area contributed by atoms with E-state index in [-0.39, 0.29) is 5.91 Å². The molecule has 1 aliphatic rings. The van der Waals surface area contributed by atoms with Crippen molar-refractivity contribution >= 4 is 23.2 Å². The summed E-state index contributed by atoms with van der Waals surface area (Å²) in [5.74, 6) is 0.166. The van der Waals surface area contributed by atoms with Crippen molar-refractivity contribution in [2.75, 3.05) is 33.4 Å². The zero-order valence-electron chi connectivity index (χ0n) is 15.7. The Hall–Kier alpha value is -1.63. The molecule has 0 saturated carbocycles. The Labute approximate surface area is 159 Å². The van der Waals surface area contributed by atoms with Gasteiger partial charge in [0.1, 0.15) is 5.65 Å². The van der Waals surface area contributed by atoms with E-state index in [0.29, 0.717) is 17.7 Å². The molecule has 0 atom stereocenters. The summed E-state index contributed by atoms with van der Waals surface area (Å²) >= 11 is 6.19. The van der Waals surface area contributed by atoms with Gasteiger partial charge in [-0.3, -0.25) is 9.69 Å². The first-order valence-corrected chi connectivity index (χ1v) is 9.49. The summed E-state index contributed by atoms with van der Waals surface area (Å²) in [5.41, 5.74) is 3.10. The predicted octanol–water partition coefficient (Wildman–Crippen LogP) is 2.76. The number of amides is 1. The van der Waals surface area contributed by atoms with Crippen molar-refractivity contribution < 1.29 is 9.53 Å². The molecule has 0 aromatic carbocycles. The number of hydrogen-bond acceptors (Lipinski definition) is 4. The van der Waals surface area contributed by atoms with Crippen molar-refractivity contribution in [3.05, 3.63) is 34.7 Å². The first-order valence-electron chi connectivity index (χ1n) is 9.11. The molecule has 0 radical (unpaired) electrons. The van der Waals surface area contributed by atoms with Gasteiger partial charge in [0.2, 0.25) is 5.91 Å².